The van der Waals surface area contributed by atoms with Crippen molar-refractivity contribution in [2.24, 2.45) is 4.99 Å². The van der Waals surface area contributed by atoms with Crippen molar-refractivity contribution in [3.8, 4) is 0 Å². The van der Waals surface area contributed by atoms with Crippen LogP contribution in [0.25, 0.3) is 0 Å². The molecule has 0 radical (unpaired) electrons. The molecule has 0 saturated carbocycles. The second-order valence-corrected chi connectivity index (χ2v) is 5.04. The summed E-state index contributed by atoms with van der Waals surface area (Å²) < 4.78 is 18.2. The normalized spacial score (nSPS) is 21.8. The maximum Gasteiger partial charge on any atom is 0.115 e. The van der Waals surface area contributed by atoms with E-state index in [2.05, 4.69) is 16.6 Å². The highest BCUT2D eigenvalue weighted by Gasteiger charge is 2.23. The standard InChI is InChI=1S/C15H21FN2O2/c1-17-14(9-16)15(20-2)11-3-5-12(6-4-11)18-8-7-13(19)10-18/h3-6,13-15,19H,1,7-10H2,2H3/t13-,14+,15+/m0/s1. The summed E-state index contributed by atoms with van der Waals surface area (Å²) in [7, 11) is 1.54. The molecular formula is C15H21FN2O2. The Kier molecular flexibility index (Phi) is 5.09. The number of aliphatic imine (C=N–C) groups is 1. The highest BCUT2D eigenvalue weighted by Crippen LogP contribution is 2.27. The van der Waals surface area contributed by atoms with Gasteiger partial charge in [0.2, 0.25) is 0 Å². The third-order valence-electron chi connectivity index (χ3n) is 3.75. The van der Waals surface area contributed by atoms with Crippen LogP contribution < -0.4 is 4.90 Å². The number of methoxy groups -OCH3 is 1. The molecular weight excluding hydrogens is 259 g/mol. The molecule has 4 nitrogen and oxygen atoms in total. The molecule has 1 aliphatic heterocycles. The van der Waals surface area contributed by atoms with Crippen LogP contribution in [0, 0.1) is 0 Å². The van der Waals surface area contributed by atoms with Crippen molar-refractivity contribution in [3.63, 3.8) is 0 Å². The van der Waals surface area contributed by atoms with E-state index in [-0.39, 0.29) is 6.10 Å². The van der Waals surface area contributed by atoms with Gasteiger partial charge in [-0.3, -0.25) is 4.99 Å². The molecule has 1 aromatic carbocycles. The monoisotopic (exact) mass is 280 g/mol. The van der Waals surface area contributed by atoms with E-state index >= 15 is 0 Å². The quantitative estimate of drug-likeness (QED) is 0.810. The Labute approximate surface area is 118 Å². The number of hydrogen-bond donors (Lipinski definition) is 1. The molecule has 0 amide bonds. The molecule has 0 bridgehead atoms. The Morgan fingerprint density at radius 1 is 1.50 bits per heavy atom. The summed E-state index contributed by atoms with van der Waals surface area (Å²) in [5.74, 6) is 0. The predicted octanol–water partition coefficient (Wildman–Crippen LogP) is 1.98. The molecule has 1 N–H and O–H groups in total. The van der Waals surface area contributed by atoms with Crippen LogP contribution in [0.1, 0.15) is 18.1 Å². The summed E-state index contributed by atoms with van der Waals surface area (Å²) in [4.78, 5) is 5.90. The molecule has 5 heteroatoms. The molecule has 110 valence electrons. The van der Waals surface area contributed by atoms with Crippen LogP contribution >= 0.6 is 0 Å². The molecule has 2 rings (SSSR count). The Balaban J connectivity index is 2.12. The predicted molar refractivity (Wildman–Crippen MR) is 78.3 cm³/mol. The Morgan fingerprint density at radius 2 is 2.20 bits per heavy atom. The van der Waals surface area contributed by atoms with Crippen molar-refractivity contribution in [1.29, 1.82) is 0 Å². The van der Waals surface area contributed by atoms with Gasteiger partial charge in [-0.1, -0.05) is 12.1 Å². The maximum absolute atomic E-state index is 12.9. The van der Waals surface area contributed by atoms with Crippen LogP contribution in [-0.4, -0.2) is 50.8 Å². The van der Waals surface area contributed by atoms with E-state index in [0.29, 0.717) is 6.54 Å². The minimum absolute atomic E-state index is 0.248. The zero-order chi connectivity index (χ0) is 14.5. The molecule has 0 aliphatic carbocycles. The van der Waals surface area contributed by atoms with Gasteiger partial charge in [0.25, 0.3) is 0 Å². The smallest absolute Gasteiger partial charge is 0.115 e. The molecule has 1 heterocycles. The van der Waals surface area contributed by atoms with Gasteiger partial charge >= 0.3 is 0 Å². The fourth-order valence-corrected chi connectivity index (χ4v) is 2.59. The first-order chi connectivity index (χ1) is 9.69. The fraction of sp³-hybridized carbons (Fsp3) is 0.533. The SMILES string of the molecule is C=N[C@H](CF)[C@H](OC)c1ccc(N2CC[C@H](O)C2)cc1. The topological polar surface area (TPSA) is 45.1 Å². The number of β-amino-alcohol motifs (C(OH)–C–C–N with tert-alkyl or cyclic N) is 1. The molecule has 1 aliphatic rings. The molecule has 0 unspecified atom stereocenters. The second-order valence-electron chi connectivity index (χ2n) is 5.04. The van der Waals surface area contributed by atoms with Gasteiger partial charge in [-0.05, 0) is 30.8 Å². The molecule has 20 heavy (non-hydrogen) atoms. The van der Waals surface area contributed by atoms with Crippen molar-refractivity contribution in [3.05, 3.63) is 29.8 Å². The average Bonchev–Trinajstić information content (AvgIpc) is 2.91. The van der Waals surface area contributed by atoms with Crippen LogP contribution in [-0.2, 0) is 4.74 Å². The first-order valence-corrected chi connectivity index (χ1v) is 6.77. The summed E-state index contributed by atoms with van der Waals surface area (Å²) in [5.41, 5.74) is 1.94. The van der Waals surface area contributed by atoms with Crippen molar-refractivity contribution < 1.29 is 14.2 Å². The van der Waals surface area contributed by atoms with Gasteiger partial charge in [-0.2, -0.15) is 0 Å². The van der Waals surface area contributed by atoms with Crippen molar-refractivity contribution in [2.45, 2.75) is 24.7 Å². The zero-order valence-corrected chi connectivity index (χ0v) is 11.7. The van der Waals surface area contributed by atoms with E-state index in [1.54, 1.807) is 7.11 Å². The molecule has 0 spiro atoms. The average molecular weight is 280 g/mol. The Hall–Kier alpha value is -1.46. The molecule has 3 atom stereocenters. The third kappa shape index (κ3) is 3.16. The first-order valence-electron chi connectivity index (χ1n) is 6.77. The van der Waals surface area contributed by atoms with Crippen molar-refractivity contribution in [1.82, 2.24) is 0 Å². The maximum atomic E-state index is 12.9. The summed E-state index contributed by atoms with van der Waals surface area (Å²) in [5, 5.41) is 9.56. The van der Waals surface area contributed by atoms with Gasteiger partial charge in [-0.25, -0.2) is 4.39 Å². The highest BCUT2D eigenvalue weighted by atomic mass is 19.1. The minimum atomic E-state index is -0.595. The highest BCUT2D eigenvalue weighted by molar-refractivity contribution is 5.49. The van der Waals surface area contributed by atoms with E-state index in [1.807, 2.05) is 24.3 Å². The minimum Gasteiger partial charge on any atom is -0.391 e. The van der Waals surface area contributed by atoms with Gasteiger partial charge in [0, 0.05) is 25.9 Å². The van der Waals surface area contributed by atoms with Crippen LogP contribution in [0.3, 0.4) is 0 Å². The number of ether oxygens (including phenoxy) is 1. The zero-order valence-electron chi connectivity index (χ0n) is 11.7. The molecule has 0 aromatic heterocycles. The van der Waals surface area contributed by atoms with E-state index in [0.717, 1.165) is 24.2 Å². The number of aliphatic hydroxyl groups excluding tert-OH is 1. The van der Waals surface area contributed by atoms with Gasteiger partial charge < -0.3 is 14.7 Å². The number of hydrogen-bond acceptors (Lipinski definition) is 4. The fourth-order valence-electron chi connectivity index (χ4n) is 2.59. The molecule has 1 saturated heterocycles. The third-order valence-corrected chi connectivity index (χ3v) is 3.75. The van der Waals surface area contributed by atoms with E-state index in [4.69, 9.17) is 4.74 Å². The number of nitrogens with zero attached hydrogens (tertiary/aromatic N) is 2. The summed E-state index contributed by atoms with van der Waals surface area (Å²) >= 11 is 0. The number of alkyl halides is 1. The van der Waals surface area contributed by atoms with Crippen LogP contribution in [0.5, 0.6) is 0 Å². The van der Waals surface area contributed by atoms with E-state index in [1.165, 1.54) is 0 Å². The number of anilines is 1. The van der Waals surface area contributed by atoms with Crippen molar-refractivity contribution >= 4 is 12.4 Å². The van der Waals surface area contributed by atoms with E-state index < -0.39 is 18.8 Å². The van der Waals surface area contributed by atoms with Gasteiger partial charge in [-0.15, -0.1) is 0 Å². The summed E-state index contributed by atoms with van der Waals surface area (Å²) in [6.07, 6.45) is 0.130. The number of rotatable bonds is 6. The Morgan fingerprint density at radius 3 is 2.65 bits per heavy atom. The van der Waals surface area contributed by atoms with Gasteiger partial charge in [0.05, 0.1) is 6.10 Å². The van der Waals surface area contributed by atoms with Gasteiger partial charge in [0.1, 0.15) is 18.8 Å². The number of benzene rings is 1. The van der Waals surface area contributed by atoms with E-state index in [9.17, 15) is 9.50 Å². The molecule has 1 fully saturated rings. The summed E-state index contributed by atoms with van der Waals surface area (Å²) in [6.45, 7) is 4.33. The number of aliphatic hydroxyl groups is 1. The van der Waals surface area contributed by atoms with Crippen LogP contribution in [0.2, 0.25) is 0 Å². The van der Waals surface area contributed by atoms with Crippen LogP contribution in [0.4, 0.5) is 10.1 Å². The first kappa shape index (κ1) is 14.9. The lowest BCUT2D eigenvalue weighted by Crippen LogP contribution is -2.22. The largest absolute Gasteiger partial charge is 0.391 e. The Bertz CT molecular complexity index is 438. The van der Waals surface area contributed by atoms with Crippen molar-refractivity contribution in [2.75, 3.05) is 31.8 Å². The lowest BCUT2D eigenvalue weighted by molar-refractivity contribution is 0.0732. The second kappa shape index (κ2) is 6.81. The number of halogens is 1. The van der Waals surface area contributed by atoms with Crippen LogP contribution in [0.15, 0.2) is 29.3 Å². The lowest BCUT2D eigenvalue weighted by atomic mass is 10.0. The molecule has 1 aromatic rings. The van der Waals surface area contributed by atoms with Gasteiger partial charge in [0.15, 0.2) is 0 Å². The summed E-state index contributed by atoms with van der Waals surface area (Å²) in [6, 6.07) is 7.19. The lowest BCUT2D eigenvalue weighted by Gasteiger charge is -2.22.